The van der Waals surface area contributed by atoms with Crippen molar-refractivity contribution in [1.82, 2.24) is 10.6 Å². The van der Waals surface area contributed by atoms with Crippen molar-refractivity contribution in [2.75, 3.05) is 12.3 Å². The van der Waals surface area contributed by atoms with Gasteiger partial charge in [0.1, 0.15) is 5.82 Å². The van der Waals surface area contributed by atoms with Crippen LogP contribution in [0.2, 0.25) is 0 Å². The summed E-state index contributed by atoms with van der Waals surface area (Å²) in [5.74, 6) is -0.449. The zero-order chi connectivity index (χ0) is 14.3. The van der Waals surface area contributed by atoms with Crippen molar-refractivity contribution in [3.8, 4) is 0 Å². The Morgan fingerprint density at radius 2 is 1.95 bits per heavy atom. The normalized spacial score (nSPS) is 11.7. The highest BCUT2D eigenvalue weighted by Crippen LogP contribution is 2.27. The third-order valence-corrected chi connectivity index (χ3v) is 3.60. The van der Waals surface area contributed by atoms with Crippen LogP contribution in [0, 0.1) is 5.82 Å². The van der Waals surface area contributed by atoms with Gasteiger partial charge >= 0.3 is 6.03 Å². The zero-order valence-electron chi connectivity index (χ0n) is 10.9. The SMILES string of the molecule is CCNC(=O)NC(=O)CS[C@@H](C)c1ccc(F)cc1. The summed E-state index contributed by atoms with van der Waals surface area (Å²) in [6.45, 7) is 4.17. The number of hydrogen-bond donors (Lipinski definition) is 2. The van der Waals surface area contributed by atoms with Crippen molar-refractivity contribution in [2.45, 2.75) is 19.1 Å². The number of amides is 3. The van der Waals surface area contributed by atoms with Gasteiger partial charge in [-0.3, -0.25) is 10.1 Å². The number of imide groups is 1. The van der Waals surface area contributed by atoms with Crippen LogP contribution in [0.15, 0.2) is 24.3 Å². The average Bonchev–Trinajstić information content (AvgIpc) is 2.37. The first kappa shape index (κ1) is 15.5. The molecule has 1 rings (SSSR count). The third kappa shape index (κ3) is 5.74. The molecule has 0 radical (unpaired) electrons. The number of halogens is 1. The Kier molecular flexibility index (Phi) is 6.35. The molecule has 4 nitrogen and oxygen atoms in total. The van der Waals surface area contributed by atoms with E-state index < -0.39 is 6.03 Å². The second-order valence-corrected chi connectivity index (χ2v) is 5.24. The highest BCUT2D eigenvalue weighted by molar-refractivity contribution is 8.00. The smallest absolute Gasteiger partial charge is 0.321 e. The Morgan fingerprint density at radius 1 is 1.32 bits per heavy atom. The minimum absolute atomic E-state index is 0.0561. The first-order valence-electron chi connectivity index (χ1n) is 5.97. The summed E-state index contributed by atoms with van der Waals surface area (Å²) < 4.78 is 12.8. The standard InChI is InChI=1S/C13H17FN2O2S/c1-3-15-13(18)16-12(17)8-19-9(2)10-4-6-11(14)7-5-10/h4-7,9H,3,8H2,1-2H3,(H2,15,16,17,18)/t9-/m0/s1. The number of benzene rings is 1. The summed E-state index contributed by atoms with van der Waals surface area (Å²) in [6, 6.07) is 5.67. The lowest BCUT2D eigenvalue weighted by molar-refractivity contribution is -0.117. The molecule has 0 heterocycles. The molecule has 0 saturated carbocycles. The Balaban J connectivity index is 2.37. The number of hydrogen-bond acceptors (Lipinski definition) is 3. The minimum atomic E-state index is -0.484. The van der Waals surface area contributed by atoms with Crippen molar-refractivity contribution >= 4 is 23.7 Å². The number of nitrogens with one attached hydrogen (secondary N) is 2. The van der Waals surface area contributed by atoms with Crippen molar-refractivity contribution < 1.29 is 14.0 Å². The van der Waals surface area contributed by atoms with Gasteiger partial charge in [-0.25, -0.2) is 9.18 Å². The molecule has 0 saturated heterocycles. The molecule has 0 aliphatic rings. The summed E-state index contributed by atoms with van der Waals surface area (Å²) in [4.78, 5) is 22.6. The van der Waals surface area contributed by atoms with Crippen LogP contribution in [0.5, 0.6) is 0 Å². The van der Waals surface area contributed by atoms with Crippen molar-refractivity contribution in [3.05, 3.63) is 35.6 Å². The lowest BCUT2D eigenvalue weighted by Crippen LogP contribution is -2.40. The molecular weight excluding hydrogens is 267 g/mol. The van der Waals surface area contributed by atoms with E-state index in [1.54, 1.807) is 19.1 Å². The fourth-order valence-electron chi connectivity index (χ4n) is 1.40. The van der Waals surface area contributed by atoms with Crippen LogP contribution in [0.1, 0.15) is 24.7 Å². The van der Waals surface area contributed by atoms with E-state index in [9.17, 15) is 14.0 Å². The van der Waals surface area contributed by atoms with E-state index in [1.165, 1.54) is 23.9 Å². The van der Waals surface area contributed by atoms with Gasteiger partial charge in [-0.2, -0.15) is 0 Å². The van der Waals surface area contributed by atoms with Crippen molar-refractivity contribution in [2.24, 2.45) is 0 Å². The van der Waals surface area contributed by atoms with Crippen LogP contribution in [0.25, 0.3) is 0 Å². The second-order valence-electron chi connectivity index (χ2n) is 3.91. The van der Waals surface area contributed by atoms with Gasteiger partial charge in [0, 0.05) is 11.8 Å². The molecule has 19 heavy (non-hydrogen) atoms. The largest absolute Gasteiger partial charge is 0.338 e. The molecule has 0 unspecified atom stereocenters. The highest BCUT2D eigenvalue weighted by Gasteiger charge is 2.11. The van der Waals surface area contributed by atoms with Gasteiger partial charge in [0.25, 0.3) is 0 Å². The maximum atomic E-state index is 12.8. The van der Waals surface area contributed by atoms with E-state index in [0.29, 0.717) is 6.54 Å². The average molecular weight is 284 g/mol. The summed E-state index contributed by atoms with van der Waals surface area (Å²) in [6.07, 6.45) is 0. The Labute approximate surface area is 116 Å². The second kappa shape index (κ2) is 7.78. The molecule has 6 heteroatoms. The lowest BCUT2D eigenvalue weighted by Gasteiger charge is -2.11. The van der Waals surface area contributed by atoms with Gasteiger partial charge < -0.3 is 5.32 Å². The minimum Gasteiger partial charge on any atom is -0.338 e. The number of thioether (sulfide) groups is 1. The molecule has 0 aromatic heterocycles. The van der Waals surface area contributed by atoms with E-state index in [0.717, 1.165) is 5.56 Å². The third-order valence-electron chi connectivity index (χ3n) is 2.39. The van der Waals surface area contributed by atoms with Gasteiger partial charge in [0.15, 0.2) is 0 Å². The number of carbonyl (C=O) groups excluding carboxylic acids is 2. The molecule has 2 N–H and O–H groups in total. The molecule has 3 amide bonds. The van der Waals surface area contributed by atoms with Gasteiger partial charge in [-0.1, -0.05) is 12.1 Å². The topological polar surface area (TPSA) is 58.2 Å². The Morgan fingerprint density at radius 3 is 2.53 bits per heavy atom. The van der Waals surface area contributed by atoms with Gasteiger partial charge in [0.05, 0.1) is 5.75 Å². The van der Waals surface area contributed by atoms with Gasteiger partial charge in [0.2, 0.25) is 5.91 Å². The van der Waals surface area contributed by atoms with Crippen LogP contribution < -0.4 is 10.6 Å². The fraction of sp³-hybridized carbons (Fsp3) is 0.385. The monoisotopic (exact) mass is 284 g/mol. The van der Waals surface area contributed by atoms with E-state index in [1.807, 2.05) is 6.92 Å². The maximum Gasteiger partial charge on any atom is 0.321 e. The van der Waals surface area contributed by atoms with E-state index in [-0.39, 0.29) is 22.7 Å². The summed E-state index contributed by atoms with van der Waals surface area (Å²) in [5.41, 5.74) is 0.942. The summed E-state index contributed by atoms with van der Waals surface area (Å²) in [5, 5.41) is 4.76. The van der Waals surface area contributed by atoms with E-state index in [2.05, 4.69) is 10.6 Å². The predicted octanol–water partition coefficient (Wildman–Crippen LogP) is 2.47. The molecular formula is C13H17FN2O2S. The number of urea groups is 1. The first-order valence-corrected chi connectivity index (χ1v) is 7.02. The predicted molar refractivity (Wildman–Crippen MR) is 74.5 cm³/mol. The number of rotatable bonds is 5. The Hall–Kier alpha value is -1.56. The van der Waals surface area contributed by atoms with Crippen molar-refractivity contribution in [3.63, 3.8) is 0 Å². The first-order chi connectivity index (χ1) is 9.02. The molecule has 1 atom stereocenters. The summed E-state index contributed by atoms with van der Waals surface area (Å²) in [7, 11) is 0. The molecule has 1 aromatic rings. The van der Waals surface area contributed by atoms with Crippen LogP contribution >= 0.6 is 11.8 Å². The lowest BCUT2D eigenvalue weighted by atomic mass is 10.2. The van der Waals surface area contributed by atoms with Gasteiger partial charge in [-0.15, -0.1) is 11.8 Å². The van der Waals surface area contributed by atoms with E-state index in [4.69, 9.17) is 0 Å². The molecule has 0 aliphatic heterocycles. The number of carbonyl (C=O) groups is 2. The Bertz CT molecular complexity index is 437. The van der Waals surface area contributed by atoms with Crippen molar-refractivity contribution in [1.29, 1.82) is 0 Å². The quantitative estimate of drug-likeness (QED) is 0.873. The fourth-order valence-corrected chi connectivity index (χ4v) is 2.22. The molecule has 1 aromatic carbocycles. The van der Waals surface area contributed by atoms with E-state index >= 15 is 0 Å². The molecule has 104 valence electrons. The molecule has 0 bridgehead atoms. The van der Waals surface area contributed by atoms with Gasteiger partial charge in [-0.05, 0) is 31.5 Å². The highest BCUT2D eigenvalue weighted by atomic mass is 32.2. The molecule has 0 spiro atoms. The maximum absolute atomic E-state index is 12.8. The molecule has 0 fully saturated rings. The van der Waals surface area contributed by atoms with Crippen LogP contribution in [-0.2, 0) is 4.79 Å². The molecule has 0 aliphatic carbocycles. The summed E-state index contributed by atoms with van der Waals surface area (Å²) >= 11 is 1.39. The van der Waals surface area contributed by atoms with Crippen LogP contribution in [0.3, 0.4) is 0 Å². The zero-order valence-corrected chi connectivity index (χ0v) is 11.7. The van der Waals surface area contributed by atoms with Crippen LogP contribution in [-0.4, -0.2) is 24.2 Å². The van der Waals surface area contributed by atoms with Crippen LogP contribution in [0.4, 0.5) is 9.18 Å².